The van der Waals surface area contributed by atoms with Crippen LogP contribution in [-0.2, 0) is 9.53 Å². The molecule has 0 radical (unpaired) electrons. The van der Waals surface area contributed by atoms with Crippen LogP contribution < -0.4 is 4.90 Å². The zero-order valence-electron chi connectivity index (χ0n) is 12.4. The first kappa shape index (κ1) is 17.7. The number of aliphatic carboxylic acids is 1. The zero-order chi connectivity index (χ0) is 16.0. The van der Waals surface area contributed by atoms with Crippen LogP contribution in [0.1, 0.15) is 33.6 Å². The molecule has 0 aliphatic rings. The SMILES string of the molecule is CC(C)(C)OC(=O)N(CCCC(=O)O)c1ccc(I)cc1. The summed E-state index contributed by atoms with van der Waals surface area (Å²) in [4.78, 5) is 24.4. The number of ether oxygens (including phenoxy) is 1. The van der Waals surface area contributed by atoms with E-state index in [0.29, 0.717) is 18.7 Å². The average Bonchev–Trinajstić information content (AvgIpc) is 2.33. The predicted octanol–water partition coefficient (Wildman–Crippen LogP) is 3.90. The molecule has 0 aliphatic carbocycles. The van der Waals surface area contributed by atoms with E-state index in [2.05, 4.69) is 22.6 Å². The van der Waals surface area contributed by atoms with Crippen LogP contribution in [0.5, 0.6) is 0 Å². The van der Waals surface area contributed by atoms with Gasteiger partial charge < -0.3 is 9.84 Å². The fourth-order valence-corrected chi connectivity index (χ4v) is 2.01. The summed E-state index contributed by atoms with van der Waals surface area (Å²) in [6, 6.07) is 7.44. The third-order valence-electron chi connectivity index (χ3n) is 2.52. The predicted molar refractivity (Wildman–Crippen MR) is 89.6 cm³/mol. The van der Waals surface area contributed by atoms with E-state index < -0.39 is 17.7 Å². The normalized spacial score (nSPS) is 11.0. The Morgan fingerprint density at radius 2 is 1.81 bits per heavy atom. The van der Waals surface area contributed by atoms with Crippen LogP contribution >= 0.6 is 22.6 Å². The van der Waals surface area contributed by atoms with Gasteiger partial charge in [0.2, 0.25) is 0 Å². The first-order valence-corrected chi connectivity index (χ1v) is 7.75. The number of carboxylic acids is 1. The van der Waals surface area contributed by atoms with Crippen molar-refractivity contribution in [3.05, 3.63) is 27.8 Å². The quantitative estimate of drug-likeness (QED) is 0.755. The lowest BCUT2D eigenvalue weighted by atomic mass is 10.2. The number of hydrogen-bond acceptors (Lipinski definition) is 3. The number of hydrogen-bond donors (Lipinski definition) is 1. The minimum Gasteiger partial charge on any atom is -0.481 e. The molecule has 0 atom stereocenters. The standard InChI is InChI=1S/C15H20INO4/c1-15(2,3)21-14(20)17(10-4-5-13(18)19)12-8-6-11(16)7-9-12/h6-9H,4-5,10H2,1-3H3,(H,18,19). The van der Waals surface area contributed by atoms with E-state index in [1.165, 1.54) is 4.90 Å². The highest BCUT2D eigenvalue weighted by atomic mass is 127. The summed E-state index contributed by atoms with van der Waals surface area (Å²) in [6.45, 7) is 5.71. The molecule has 1 aromatic carbocycles. The topological polar surface area (TPSA) is 66.8 Å². The lowest BCUT2D eigenvalue weighted by Crippen LogP contribution is -2.37. The number of halogens is 1. The Bertz CT molecular complexity index is 493. The fraction of sp³-hybridized carbons (Fsp3) is 0.467. The third-order valence-corrected chi connectivity index (χ3v) is 3.24. The van der Waals surface area contributed by atoms with Gasteiger partial charge in [0.1, 0.15) is 5.60 Å². The van der Waals surface area contributed by atoms with E-state index in [1.54, 1.807) is 20.8 Å². The maximum atomic E-state index is 12.3. The van der Waals surface area contributed by atoms with Gasteiger partial charge in [-0.15, -0.1) is 0 Å². The molecule has 5 nitrogen and oxygen atoms in total. The first-order chi connectivity index (χ1) is 9.69. The van der Waals surface area contributed by atoms with Crippen molar-refractivity contribution in [2.45, 2.75) is 39.2 Å². The van der Waals surface area contributed by atoms with Gasteiger partial charge in [-0.1, -0.05) is 0 Å². The Morgan fingerprint density at radius 3 is 2.29 bits per heavy atom. The van der Waals surface area contributed by atoms with Crippen LogP contribution in [0.15, 0.2) is 24.3 Å². The molecule has 0 unspecified atom stereocenters. The number of carbonyl (C=O) groups is 2. The highest BCUT2D eigenvalue weighted by molar-refractivity contribution is 14.1. The number of anilines is 1. The van der Waals surface area contributed by atoms with Crippen molar-refractivity contribution in [1.29, 1.82) is 0 Å². The minimum absolute atomic E-state index is 0.0175. The number of carboxylic acid groups (broad SMARTS) is 1. The van der Waals surface area contributed by atoms with Crippen LogP contribution in [0.25, 0.3) is 0 Å². The van der Waals surface area contributed by atoms with Crippen molar-refractivity contribution in [2.75, 3.05) is 11.4 Å². The van der Waals surface area contributed by atoms with Crippen LogP contribution in [0.3, 0.4) is 0 Å². The molecule has 0 aliphatic heterocycles. The van der Waals surface area contributed by atoms with Gasteiger partial charge in [0.05, 0.1) is 0 Å². The molecule has 6 heteroatoms. The van der Waals surface area contributed by atoms with Crippen molar-refractivity contribution >= 4 is 40.3 Å². The Kier molecular flexibility index (Phi) is 6.44. The molecule has 0 aromatic heterocycles. The monoisotopic (exact) mass is 405 g/mol. The van der Waals surface area contributed by atoms with Gasteiger partial charge in [0.15, 0.2) is 0 Å². The molecule has 0 heterocycles. The molecule has 1 N–H and O–H groups in total. The van der Waals surface area contributed by atoms with Gasteiger partial charge in [-0.25, -0.2) is 4.79 Å². The van der Waals surface area contributed by atoms with Gasteiger partial charge in [0.25, 0.3) is 0 Å². The number of nitrogens with zero attached hydrogens (tertiary/aromatic N) is 1. The molecule has 0 spiro atoms. The van der Waals surface area contributed by atoms with Crippen molar-refractivity contribution in [3.63, 3.8) is 0 Å². The molecule has 116 valence electrons. The van der Waals surface area contributed by atoms with E-state index >= 15 is 0 Å². The molecule has 0 saturated heterocycles. The number of benzene rings is 1. The van der Waals surface area contributed by atoms with Crippen LogP contribution in [0, 0.1) is 3.57 Å². The summed E-state index contributed by atoms with van der Waals surface area (Å²) < 4.78 is 6.44. The molecule has 1 aromatic rings. The van der Waals surface area contributed by atoms with Crippen molar-refractivity contribution < 1.29 is 19.4 Å². The van der Waals surface area contributed by atoms with Crippen molar-refractivity contribution in [3.8, 4) is 0 Å². The van der Waals surface area contributed by atoms with E-state index in [4.69, 9.17) is 9.84 Å². The molecule has 0 fully saturated rings. The van der Waals surface area contributed by atoms with E-state index in [-0.39, 0.29) is 6.42 Å². The first-order valence-electron chi connectivity index (χ1n) is 6.67. The Balaban J connectivity index is 2.85. The Hall–Kier alpha value is -1.31. The summed E-state index contributed by atoms with van der Waals surface area (Å²) in [5.74, 6) is -0.873. The Morgan fingerprint density at radius 1 is 1.24 bits per heavy atom. The fourth-order valence-electron chi connectivity index (χ4n) is 1.65. The summed E-state index contributed by atoms with van der Waals surface area (Å²) >= 11 is 2.18. The van der Waals surface area contributed by atoms with E-state index in [1.807, 2.05) is 24.3 Å². The minimum atomic E-state index is -0.873. The van der Waals surface area contributed by atoms with E-state index in [9.17, 15) is 9.59 Å². The molecule has 0 bridgehead atoms. The second kappa shape index (κ2) is 7.63. The zero-order valence-corrected chi connectivity index (χ0v) is 14.6. The van der Waals surface area contributed by atoms with E-state index in [0.717, 1.165) is 3.57 Å². The van der Waals surface area contributed by atoms with Crippen molar-refractivity contribution in [1.82, 2.24) is 0 Å². The highest BCUT2D eigenvalue weighted by Crippen LogP contribution is 2.20. The third kappa shape index (κ3) is 6.79. The molecule has 1 amide bonds. The van der Waals surface area contributed by atoms with Crippen molar-refractivity contribution in [2.24, 2.45) is 0 Å². The number of amides is 1. The summed E-state index contributed by atoms with van der Waals surface area (Å²) in [5, 5.41) is 8.72. The van der Waals surface area contributed by atoms with Crippen LogP contribution in [-0.4, -0.2) is 29.3 Å². The summed E-state index contributed by atoms with van der Waals surface area (Å²) in [5.41, 5.74) is 0.112. The maximum Gasteiger partial charge on any atom is 0.414 e. The Labute approximate surface area is 138 Å². The van der Waals surface area contributed by atoms with Gasteiger partial charge >= 0.3 is 12.1 Å². The van der Waals surface area contributed by atoms with Gasteiger partial charge in [0, 0.05) is 22.2 Å². The number of rotatable bonds is 5. The molecule has 0 saturated carbocycles. The molecule has 1 rings (SSSR count). The van der Waals surface area contributed by atoms with Crippen LogP contribution in [0.2, 0.25) is 0 Å². The van der Waals surface area contributed by atoms with Gasteiger partial charge in [-0.05, 0) is 74.0 Å². The maximum absolute atomic E-state index is 12.3. The molecular weight excluding hydrogens is 385 g/mol. The average molecular weight is 405 g/mol. The lowest BCUT2D eigenvalue weighted by molar-refractivity contribution is -0.137. The largest absolute Gasteiger partial charge is 0.481 e. The molecule has 21 heavy (non-hydrogen) atoms. The van der Waals surface area contributed by atoms with Crippen LogP contribution in [0.4, 0.5) is 10.5 Å². The lowest BCUT2D eigenvalue weighted by Gasteiger charge is -2.27. The molecular formula is C15H20INO4. The second-order valence-corrected chi connectivity index (χ2v) is 6.85. The second-order valence-electron chi connectivity index (χ2n) is 5.61. The van der Waals surface area contributed by atoms with Gasteiger partial charge in [-0.2, -0.15) is 0 Å². The van der Waals surface area contributed by atoms with Gasteiger partial charge in [-0.3, -0.25) is 9.69 Å². The summed E-state index contributed by atoms with van der Waals surface area (Å²) in [7, 11) is 0. The number of carbonyl (C=O) groups excluding carboxylic acids is 1. The highest BCUT2D eigenvalue weighted by Gasteiger charge is 2.23. The smallest absolute Gasteiger partial charge is 0.414 e. The summed E-state index contributed by atoms with van der Waals surface area (Å²) in [6.07, 6.45) is -0.0707.